The van der Waals surface area contributed by atoms with E-state index in [4.69, 9.17) is 16.3 Å². The van der Waals surface area contributed by atoms with Crippen LogP contribution < -0.4 is 0 Å². The molecular weight excluding hydrogens is 404 g/mol. The van der Waals surface area contributed by atoms with E-state index in [1.807, 2.05) is 45.0 Å². The zero-order valence-electron chi connectivity index (χ0n) is 14.8. The molecule has 0 aromatic heterocycles. The summed E-state index contributed by atoms with van der Waals surface area (Å²) < 4.78 is 5.86. The molecule has 134 valence electrons. The Bertz CT molecular complexity index is 785. The molecule has 2 aromatic rings. The number of hydrogen-bond donors (Lipinski definition) is 1. The van der Waals surface area contributed by atoms with Gasteiger partial charge in [0, 0.05) is 4.47 Å². The molecule has 2 aromatic carbocycles. The molecule has 0 fully saturated rings. The number of rotatable bonds is 5. The van der Waals surface area contributed by atoms with Crippen LogP contribution in [0.2, 0.25) is 0 Å². The Balaban J connectivity index is 2.52. The fourth-order valence-electron chi connectivity index (χ4n) is 3.18. The maximum absolute atomic E-state index is 12.2. The molecule has 0 aliphatic rings. The van der Waals surface area contributed by atoms with E-state index in [0.29, 0.717) is 12.8 Å². The molecule has 0 heterocycles. The van der Waals surface area contributed by atoms with Crippen LogP contribution in [0.4, 0.5) is 0 Å². The van der Waals surface area contributed by atoms with Crippen LogP contribution in [0.15, 0.2) is 28.7 Å². The van der Waals surface area contributed by atoms with Gasteiger partial charge >= 0.3 is 5.97 Å². The SMILES string of the molecule is CCc1c(C)c(CC(Cl)c2ccc(Br)cc2)c(C)c(C(=O)OC)c1O. The maximum atomic E-state index is 12.2. The molecule has 0 saturated carbocycles. The van der Waals surface area contributed by atoms with E-state index in [2.05, 4.69) is 15.9 Å². The normalized spacial score (nSPS) is 12.1. The first-order chi connectivity index (χ1) is 11.8. The third-order valence-electron chi connectivity index (χ3n) is 4.61. The van der Waals surface area contributed by atoms with Gasteiger partial charge in [0.2, 0.25) is 0 Å². The van der Waals surface area contributed by atoms with Crippen molar-refractivity contribution in [3.63, 3.8) is 0 Å². The summed E-state index contributed by atoms with van der Waals surface area (Å²) in [6.45, 7) is 5.75. The minimum absolute atomic E-state index is 0.0165. The van der Waals surface area contributed by atoms with Crippen LogP contribution >= 0.6 is 27.5 Å². The molecule has 1 unspecified atom stereocenters. The summed E-state index contributed by atoms with van der Waals surface area (Å²) in [7, 11) is 1.32. The number of hydrogen-bond acceptors (Lipinski definition) is 3. The molecule has 1 atom stereocenters. The highest BCUT2D eigenvalue weighted by Gasteiger charge is 2.25. The fourth-order valence-corrected chi connectivity index (χ4v) is 3.74. The number of halogens is 2. The summed E-state index contributed by atoms with van der Waals surface area (Å²) in [5, 5.41) is 10.3. The van der Waals surface area contributed by atoms with Crippen LogP contribution in [0.5, 0.6) is 5.75 Å². The van der Waals surface area contributed by atoms with E-state index < -0.39 is 5.97 Å². The lowest BCUT2D eigenvalue weighted by Crippen LogP contribution is -2.12. The number of methoxy groups -OCH3 is 1. The molecule has 25 heavy (non-hydrogen) atoms. The largest absolute Gasteiger partial charge is 0.507 e. The average molecular weight is 426 g/mol. The van der Waals surface area contributed by atoms with Crippen LogP contribution in [-0.4, -0.2) is 18.2 Å². The van der Waals surface area contributed by atoms with Gasteiger partial charge in [0.25, 0.3) is 0 Å². The molecule has 0 aliphatic heterocycles. The summed E-state index contributed by atoms with van der Waals surface area (Å²) in [5.74, 6) is -0.511. The Hall–Kier alpha value is -1.52. The van der Waals surface area contributed by atoms with E-state index >= 15 is 0 Å². The van der Waals surface area contributed by atoms with Crippen molar-refractivity contribution in [2.24, 2.45) is 0 Å². The van der Waals surface area contributed by atoms with Gasteiger partial charge in [-0.3, -0.25) is 0 Å². The monoisotopic (exact) mass is 424 g/mol. The molecule has 0 aliphatic carbocycles. The van der Waals surface area contributed by atoms with E-state index in [1.54, 1.807) is 0 Å². The Morgan fingerprint density at radius 1 is 1.20 bits per heavy atom. The standard InChI is InChI=1S/C20H22BrClO3/c1-5-15-11(2)16(12(3)18(19(15)23)20(24)25-4)10-17(22)13-6-8-14(21)9-7-13/h6-9,17,23H,5,10H2,1-4H3. The zero-order valence-corrected chi connectivity index (χ0v) is 17.2. The van der Waals surface area contributed by atoms with Crippen molar-refractivity contribution >= 4 is 33.5 Å². The van der Waals surface area contributed by atoms with Gasteiger partial charge in [0.05, 0.1) is 12.5 Å². The number of alkyl halides is 1. The van der Waals surface area contributed by atoms with E-state index in [-0.39, 0.29) is 16.7 Å². The lowest BCUT2D eigenvalue weighted by atomic mass is 9.87. The summed E-state index contributed by atoms with van der Waals surface area (Å²) in [6.07, 6.45) is 1.19. The van der Waals surface area contributed by atoms with Crippen LogP contribution in [0.3, 0.4) is 0 Å². The quantitative estimate of drug-likeness (QED) is 0.498. The van der Waals surface area contributed by atoms with Crippen molar-refractivity contribution < 1.29 is 14.6 Å². The number of ether oxygens (including phenoxy) is 1. The van der Waals surface area contributed by atoms with Crippen molar-refractivity contribution in [2.75, 3.05) is 7.11 Å². The summed E-state index contributed by atoms with van der Waals surface area (Å²) in [4.78, 5) is 12.2. The fraction of sp³-hybridized carbons (Fsp3) is 0.350. The Kier molecular flexibility index (Phi) is 6.53. The molecule has 3 nitrogen and oxygen atoms in total. The number of carbonyl (C=O) groups is 1. The Morgan fingerprint density at radius 2 is 1.80 bits per heavy atom. The van der Waals surface area contributed by atoms with Crippen molar-refractivity contribution in [2.45, 2.75) is 39.0 Å². The Labute approximate surface area is 162 Å². The lowest BCUT2D eigenvalue weighted by molar-refractivity contribution is 0.0596. The van der Waals surface area contributed by atoms with Gasteiger partial charge in [0.15, 0.2) is 0 Å². The van der Waals surface area contributed by atoms with Gasteiger partial charge < -0.3 is 9.84 Å². The first-order valence-electron chi connectivity index (χ1n) is 8.13. The molecule has 0 amide bonds. The van der Waals surface area contributed by atoms with Crippen LogP contribution in [0.1, 0.15) is 50.5 Å². The van der Waals surface area contributed by atoms with Gasteiger partial charge in [-0.15, -0.1) is 11.6 Å². The molecule has 0 radical (unpaired) electrons. The van der Waals surface area contributed by atoms with E-state index in [1.165, 1.54) is 7.11 Å². The predicted octanol–water partition coefficient (Wildman–Crippen LogP) is 5.64. The highest BCUT2D eigenvalue weighted by atomic mass is 79.9. The van der Waals surface area contributed by atoms with Gasteiger partial charge in [-0.25, -0.2) is 4.79 Å². The lowest BCUT2D eigenvalue weighted by Gasteiger charge is -2.21. The van der Waals surface area contributed by atoms with Gasteiger partial charge in [0.1, 0.15) is 11.3 Å². The first-order valence-corrected chi connectivity index (χ1v) is 9.36. The van der Waals surface area contributed by atoms with Crippen molar-refractivity contribution in [1.82, 2.24) is 0 Å². The van der Waals surface area contributed by atoms with Crippen LogP contribution in [-0.2, 0) is 17.6 Å². The molecular formula is C20H22BrClO3. The summed E-state index contributed by atoms with van der Waals surface area (Å²) in [6, 6.07) is 7.88. The first kappa shape index (κ1) is 19.8. The van der Waals surface area contributed by atoms with Crippen LogP contribution in [0.25, 0.3) is 0 Å². The third-order valence-corrected chi connectivity index (χ3v) is 5.55. The highest BCUT2D eigenvalue weighted by molar-refractivity contribution is 9.10. The van der Waals surface area contributed by atoms with Gasteiger partial charge in [-0.2, -0.15) is 0 Å². The summed E-state index contributed by atoms with van der Waals surface area (Å²) >= 11 is 10.1. The average Bonchev–Trinajstić information content (AvgIpc) is 2.59. The van der Waals surface area contributed by atoms with Crippen molar-refractivity contribution in [1.29, 1.82) is 0 Å². The minimum atomic E-state index is -0.527. The number of phenolic OH excluding ortho intramolecular Hbond substituents is 1. The predicted molar refractivity (Wildman–Crippen MR) is 105 cm³/mol. The van der Waals surface area contributed by atoms with Gasteiger partial charge in [-0.05, 0) is 66.6 Å². The Morgan fingerprint density at radius 3 is 2.32 bits per heavy atom. The second kappa shape index (κ2) is 8.24. The summed E-state index contributed by atoms with van der Waals surface area (Å²) in [5.41, 5.74) is 4.70. The molecule has 0 bridgehead atoms. The maximum Gasteiger partial charge on any atom is 0.341 e. The second-order valence-electron chi connectivity index (χ2n) is 6.00. The number of benzene rings is 2. The molecule has 0 spiro atoms. The molecule has 2 rings (SSSR count). The number of aromatic hydroxyl groups is 1. The van der Waals surface area contributed by atoms with E-state index in [9.17, 15) is 9.90 Å². The van der Waals surface area contributed by atoms with Crippen molar-refractivity contribution in [3.8, 4) is 5.75 Å². The smallest absolute Gasteiger partial charge is 0.341 e. The van der Waals surface area contributed by atoms with Crippen molar-refractivity contribution in [3.05, 3.63) is 62.1 Å². The highest BCUT2D eigenvalue weighted by Crippen LogP contribution is 2.37. The number of carbonyl (C=O) groups excluding carboxylic acids is 1. The van der Waals surface area contributed by atoms with E-state index in [0.717, 1.165) is 32.3 Å². The topological polar surface area (TPSA) is 46.5 Å². The molecule has 0 saturated heterocycles. The van der Waals surface area contributed by atoms with Crippen LogP contribution in [0, 0.1) is 13.8 Å². The number of esters is 1. The molecule has 1 N–H and O–H groups in total. The third kappa shape index (κ3) is 4.01. The van der Waals surface area contributed by atoms with Gasteiger partial charge in [-0.1, -0.05) is 35.0 Å². The molecule has 5 heteroatoms. The minimum Gasteiger partial charge on any atom is -0.507 e. The zero-order chi connectivity index (χ0) is 18.7. The second-order valence-corrected chi connectivity index (χ2v) is 7.44. The number of phenols is 1.